The zero-order valence-corrected chi connectivity index (χ0v) is 17.7. The van der Waals surface area contributed by atoms with Crippen molar-refractivity contribution in [3.8, 4) is 17.2 Å². The second-order valence-electron chi connectivity index (χ2n) is 7.67. The molecule has 6 nitrogen and oxygen atoms in total. The van der Waals surface area contributed by atoms with E-state index in [1.54, 1.807) is 4.90 Å². The van der Waals surface area contributed by atoms with E-state index >= 15 is 0 Å². The third kappa shape index (κ3) is 4.17. The van der Waals surface area contributed by atoms with Crippen LogP contribution in [0, 0.1) is 13.8 Å². The molecule has 0 aliphatic carbocycles. The lowest BCUT2D eigenvalue weighted by Crippen LogP contribution is -2.41. The number of nitrogens with zero attached hydrogens (tertiary/aromatic N) is 3. The van der Waals surface area contributed by atoms with E-state index in [0.29, 0.717) is 26.0 Å². The Morgan fingerprint density at radius 3 is 2.57 bits per heavy atom. The van der Waals surface area contributed by atoms with Crippen LogP contribution >= 0.6 is 0 Å². The van der Waals surface area contributed by atoms with Gasteiger partial charge in [-0.05, 0) is 50.1 Å². The van der Waals surface area contributed by atoms with Crippen LogP contribution in [0.15, 0.2) is 54.6 Å². The van der Waals surface area contributed by atoms with Crippen molar-refractivity contribution in [3.05, 3.63) is 71.5 Å². The fourth-order valence-corrected chi connectivity index (χ4v) is 3.84. The van der Waals surface area contributed by atoms with Gasteiger partial charge in [0.15, 0.2) is 17.6 Å². The minimum atomic E-state index is -0.168. The molecule has 0 radical (unpaired) electrons. The molecule has 0 spiro atoms. The van der Waals surface area contributed by atoms with Crippen LogP contribution in [0.3, 0.4) is 0 Å². The van der Waals surface area contributed by atoms with Gasteiger partial charge in [-0.3, -0.25) is 4.79 Å². The van der Waals surface area contributed by atoms with Crippen molar-refractivity contribution in [1.29, 1.82) is 0 Å². The smallest absolute Gasteiger partial charge is 0.222 e. The highest BCUT2D eigenvalue weighted by molar-refractivity contribution is 5.76. The molecule has 4 rings (SSSR count). The molecule has 3 aromatic rings. The van der Waals surface area contributed by atoms with Crippen molar-refractivity contribution in [2.75, 3.05) is 20.2 Å². The van der Waals surface area contributed by atoms with Gasteiger partial charge in [0.25, 0.3) is 0 Å². The maximum Gasteiger partial charge on any atom is 0.222 e. The Labute approximate surface area is 177 Å². The van der Waals surface area contributed by atoms with E-state index in [1.807, 2.05) is 73.3 Å². The van der Waals surface area contributed by atoms with Crippen LogP contribution in [-0.2, 0) is 11.2 Å². The summed E-state index contributed by atoms with van der Waals surface area (Å²) in [7, 11) is 1.82. The quantitative estimate of drug-likeness (QED) is 0.627. The zero-order chi connectivity index (χ0) is 21.1. The molecule has 0 saturated heterocycles. The first-order valence-electron chi connectivity index (χ1n) is 10.3. The number of likely N-dealkylation sites (N-methyl/N-ethyl adjacent to an activating group) is 1. The van der Waals surface area contributed by atoms with Crippen molar-refractivity contribution in [2.24, 2.45) is 0 Å². The molecule has 1 atom stereocenters. The summed E-state index contributed by atoms with van der Waals surface area (Å²) < 4.78 is 13.7. The van der Waals surface area contributed by atoms with Crippen LogP contribution in [0.5, 0.6) is 11.5 Å². The molecule has 2 heterocycles. The number of hydrogen-bond donors (Lipinski definition) is 0. The second kappa shape index (κ2) is 8.61. The Morgan fingerprint density at radius 1 is 1.10 bits per heavy atom. The molecular formula is C24H27N3O3. The lowest BCUT2D eigenvalue weighted by atomic mass is 10.1. The highest BCUT2D eigenvalue weighted by Crippen LogP contribution is 2.31. The number of aryl methyl sites for hydroxylation is 1. The fourth-order valence-electron chi connectivity index (χ4n) is 3.84. The van der Waals surface area contributed by atoms with E-state index in [0.717, 1.165) is 34.1 Å². The fraction of sp³-hybridized carbons (Fsp3) is 0.333. The number of hydrogen-bond acceptors (Lipinski definition) is 4. The van der Waals surface area contributed by atoms with Crippen LogP contribution < -0.4 is 9.47 Å². The molecule has 1 aromatic heterocycles. The van der Waals surface area contributed by atoms with Crippen LogP contribution in [0.2, 0.25) is 0 Å². The Morgan fingerprint density at radius 2 is 1.80 bits per heavy atom. The minimum Gasteiger partial charge on any atom is -0.486 e. The molecule has 1 aliphatic heterocycles. The summed E-state index contributed by atoms with van der Waals surface area (Å²) in [5.41, 5.74) is 4.21. The molecule has 156 valence electrons. The van der Waals surface area contributed by atoms with Gasteiger partial charge >= 0.3 is 0 Å². The molecule has 0 N–H and O–H groups in total. The summed E-state index contributed by atoms with van der Waals surface area (Å²) in [6, 6.07) is 17.7. The summed E-state index contributed by atoms with van der Waals surface area (Å²) in [5.74, 6) is 1.57. The normalized spacial score (nSPS) is 15.1. The SMILES string of the molecule is Cc1nn(-c2ccccc2)c(C)c1CCC(=O)N(C)CC1COc2ccccc2O1. The number of benzene rings is 2. The van der Waals surface area contributed by atoms with Gasteiger partial charge < -0.3 is 14.4 Å². The van der Waals surface area contributed by atoms with Gasteiger partial charge in [-0.15, -0.1) is 0 Å². The van der Waals surface area contributed by atoms with E-state index in [2.05, 4.69) is 12.0 Å². The van der Waals surface area contributed by atoms with Crippen LogP contribution in [0.1, 0.15) is 23.4 Å². The van der Waals surface area contributed by atoms with Crippen molar-refractivity contribution >= 4 is 5.91 Å². The largest absolute Gasteiger partial charge is 0.486 e. The maximum absolute atomic E-state index is 12.7. The molecular weight excluding hydrogens is 378 g/mol. The van der Waals surface area contributed by atoms with Gasteiger partial charge in [-0.2, -0.15) is 5.10 Å². The van der Waals surface area contributed by atoms with E-state index in [4.69, 9.17) is 9.47 Å². The lowest BCUT2D eigenvalue weighted by molar-refractivity contribution is -0.131. The van der Waals surface area contributed by atoms with Gasteiger partial charge in [0.1, 0.15) is 6.61 Å². The summed E-state index contributed by atoms with van der Waals surface area (Å²) in [6.45, 7) is 4.99. The molecule has 30 heavy (non-hydrogen) atoms. The number of para-hydroxylation sites is 3. The number of fused-ring (bicyclic) bond motifs is 1. The van der Waals surface area contributed by atoms with E-state index in [-0.39, 0.29) is 12.0 Å². The van der Waals surface area contributed by atoms with Gasteiger partial charge in [0, 0.05) is 19.2 Å². The molecule has 1 unspecified atom stereocenters. The molecule has 6 heteroatoms. The maximum atomic E-state index is 12.7. The number of aromatic nitrogens is 2. The highest BCUT2D eigenvalue weighted by atomic mass is 16.6. The van der Waals surface area contributed by atoms with Gasteiger partial charge in [-0.1, -0.05) is 30.3 Å². The van der Waals surface area contributed by atoms with Crippen LogP contribution in [-0.4, -0.2) is 46.9 Å². The average Bonchev–Trinajstić information content (AvgIpc) is 3.06. The number of rotatable bonds is 6. The third-order valence-electron chi connectivity index (χ3n) is 5.50. The summed E-state index contributed by atoms with van der Waals surface area (Å²) in [5, 5.41) is 4.67. The lowest BCUT2D eigenvalue weighted by Gasteiger charge is -2.29. The predicted molar refractivity (Wildman–Crippen MR) is 115 cm³/mol. The molecule has 0 saturated carbocycles. The van der Waals surface area contributed by atoms with E-state index < -0.39 is 0 Å². The Balaban J connectivity index is 1.35. The minimum absolute atomic E-state index is 0.0868. The first-order chi connectivity index (χ1) is 14.5. The third-order valence-corrected chi connectivity index (χ3v) is 5.50. The van der Waals surface area contributed by atoms with Crippen molar-refractivity contribution in [1.82, 2.24) is 14.7 Å². The summed E-state index contributed by atoms with van der Waals surface area (Å²) in [6.07, 6.45) is 0.930. The van der Waals surface area contributed by atoms with Crippen molar-refractivity contribution in [3.63, 3.8) is 0 Å². The monoisotopic (exact) mass is 405 g/mol. The van der Waals surface area contributed by atoms with Crippen molar-refractivity contribution < 1.29 is 14.3 Å². The van der Waals surface area contributed by atoms with Crippen LogP contribution in [0.4, 0.5) is 0 Å². The van der Waals surface area contributed by atoms with Gasteiger partial charge in [-0.25, -0.2) is 4.68 Å². The first kappa shape index (κ1) is 20.0. The van der Waals surface area contributed by atoms with Crippen LogP contribution in [0.25, 0.3) is 5.69 Å². The summed E-state index contributed by atoms with van der Waals surface area (Å²) in [4.78, 5) is 14.5. The van der Waals surface area contributed by atoms with E-state index in [1.165, 1.54) is 0 Å². The first-order valence-corrected chi connectivity index (χ1v) is 10.3. The second-order valence-corrected chi connectivity index (χ2v) is 7.67. The summed E-state index contributed by atoms with van der Waals surface area (Å²) >= 11 is 0. The molecule has 0 bridgehead atoms. The van der Waals surface area contributed by atoms with Gasteiger partial charge in [0.2, 0.25) is 5.91 Å². The van der Waals surface area contributed by atoms with Gasteiger partial charge in [0.05, 0.1) is 17.9 Å². The molecule has 1 aliphatic rings. The van der Waals surface area contributed by atoms with Crippen molar-refractivity contribution in [2.45, 2.75) is 32.8 Å². The highest BCUT2D eigenvalue weighted by Gasteiger charge is 2.24. The molecule has 2 aromatic carbocycles. The van der Waals surface area contributed by atoms with E-state index in [9.17, 15) is 4.79 Å². The Hall–Kier alpha value is -3.28. The predicted octanol–water partition coefficient (Wildman–Crippen LogP) is 3.72. The number of carbonyl (C=O) groups excluding carboxylic acids is 1. The number of carbonyl (C=O) groups is 1. The number of ether oxygens (including phenoxy) is 2. The Bertz CT molecular complexity index is 1030. The standard InChI is InChI=1S/C24H27N3O3/c1-17-21(18(2)27(25-17)19-9-5-4-6-10-19)13-14-24(28)26(3)15-20-16-29-22-11-7-8-12-23(22)30-20/h4-12,20H,13-16H2,1-3H3. The number of amides is 1. The molecule has 1 amide bonds. The molecule has 0 fully saturated rings. The topological polar surface area (TPSA) is 56.6 Å². The zero-order valence-electron chi connectivity index (χ0n) is 17.7. The average molecular weight is 405 g/mol. The Kier molecular flexibility index (Phi) is 5.74.